The fourth-order valence-corrected chi connectivity index (χ4v) is 10.3. The molecule has 0 saturated heterocycles. The molecule has 0 amide bonds. The molecule has 0 aromatic heterocycles. The highest BCUT2D eigenvalue weighted by atomic mass is 14.2. The molecule has 0 nitrogen and oxygen atoms in total. The Bertz CT molecular complexity index is 3890. The van der Waals surface area contributed by atoms with Crippen LogP contribution in [-0.4, -0.2) is 0 Å². The van der Waals surface area contributed by atoms with Crippen LogP contribution in [0.15, 0.2) is 231 Å². The first-order chi connectivity index (χ1) is 30.7. The second kappa shape index (κ2) is 13.7. The summed E-state index contributed by atoms with van der Waals surface area (Å²) in [5.74, 6) is 0. The van der Waals surface area contributed by atoms with Crippen molar-refractivity contribution >= 4 is 75.4 Å². The van der Waals surface area contributed by atoms with Crippen LogP contribution in [0.4, 0.5) is 0 Å². The average molecular weight is 783 g/mol. The number of rotatable bonds is 5. The predicted octanol–water partition coefficient (Wildman–Crippen LogP) is 17.5. The minimum Gasteiger partial charge on any atom is -0.0622 e. The maximum absolute atomic E-state index is 2.43. The normalized spacial score (nSPS) is 11.9. The lowest BCUT2D eigenvalue weighted by molar-refractivity contribution is 1.61. The van der Waals surface area contributed by atoms with Crippen LogP contribution in [0.5, 0.6) is 0 Å². The summed E-state index contributed by atoms with van der Waals surface area (Å²) in [5, 5.41) is 17.9. The van der Waals surface area contributed by atoms with Crippen LogP contribution in [-0.2, 0) is 0 Å². The molecule has 62 heavy (non-hydrogen) atoms. The zero-order chi connectivity index (χ0) is 40.7. The predicted molar refractivity (Wildman–Crippen MR) is 267 cm³/mol. The topological polar surface area (TPSA) is 0 Å². The zero-order valence-electron chi connectivity index (χ0n) is 33.9. The Morgan fingerprint density at radius 1 is 0.161 bits per heavy atom. The SMILES string of the molecule is c1ccc(-c2cc3ccccc3cc2-c2ccc3c(c2)c(-c2ccc4ccccc4c2)cc2cc(-c4ccc(-c5cc6cccc7ccc8cccc5c8c76)cc4)ccc23)cc1. The van der Waals surface area contributed by atoms with E-state index >= 15 is 0 Å². The monoisotopic (exact) mass is 782 g/mol. The number of fused-ring (bicyclic) bond motifs is 5. The fraction of sp³-hybridized carbons (Fsp3) is 0. The number of hydrogen-bond donors (Lipinski definition) is 0. The van der Waals surface area contributed by atoms with E-state index in [1.807, 2.05) is 0 Å². The van der Waals surface area contributed by atoms with Crippen molar-refractivity contribution in [1.82, 2.24) is 0 Å². The molecule has 13 aromatic carbocycles. The summed E-state index contributed by atoms with van der Waals surface area (Å²) in [4.78, 5) is 0. The van der Waals surface area contributed by atoms with Crippen molar-refractivity contribution in [2.75, 3.05) is 0 Å². The average Bonchev–Trinajstić information content (AvgIpc) is 3.34. The van der Waals surface area contributed by atoms with Crippen LogP contribution in [0.25, 0.3) is 131 Å². The van der Waals surface area contributed by atoms with E-state index in [9.17, 15) is 0 Å². The Balaban J connectivity index is 0.971. The minimum absolute atomic E-state index is 1.21. The minimum atomic E-state index is 1.21. The van der Waals surface area contributed by atoms with Crippen LogP contribution in [0.1, 0.15) is 0 Å². The Kier molecular flexibility index (Phi) is 7.71. The summed E-state index contributed by atoms with van der Waals surface area (Å²) < 4.78 is 0. The molecule has 0 fully saturated rings. The first-order valence-electron chi connectivity index (χ1n) is 21.6. The number of hydrogen-bond acceptors (Lipinski definition) is 0. The highest BCUT2D eigenvalue weighted by molar-refractivity contribution is 6.26. The molecule has 0 saturated carbocycles. The van der Waals surface area contributed by atoms with E-state index in [0.29, 0.717) is 0 Å². The van der Waals surface area contributed by atoms with Crippen LogP contribution >= 0.6 is 0 Å². The lowest BCUT2D eigenvalue weighted by Crippen LogP contribution is -1.90. The van der Waals surface area contributed by atoms with Crippen LogP contribution < -0.4 is 0 Å². The Labute approximate surface area is 359 Å². The van der Waals surface area contributed by atoms with Gasteiger partial charge in [0.05, 0.1) is 0 Å². The van der Waals surface area contributed by atoms with Gasteiger partial charge in [-0.15, -0.1) is 0 Å². The Hall–Kier alpha value is -8.06. The quantitative estimate of drug-likeness (QED) is 0.153. The van der Waals surface area contributed by atoms with Crippen molar-refractivity contribution in [3.8, 4) is 55.6 Å². The molecule has 0 N–H and O–H groups in total. The smallest absolute Gasteiger partial charge is 0.00206 e. The highest BCUT2D eigenvalue weighted by Crippen LogP contribution is 2.44. The van der Waals surface area contributed by atoms with Crippen molar-refractivity contribution < 1.29 is 0 Å². The molecule has 13 rings (SSSR count). The van der Waals surface area contributed by atoms with Crippen LogP contribution in [0, 0.1) is 0 Å². The van der Waals surface area contributed by atoms with Gasteiger partial charge in [0.1, 0.15) is 0 Å². The second-order valence-corrected chi connectivity index (χ2v) is 16.8. The van der Waals surface area contributed by atoms with E-state index in [4.69, 9.17) is 0 Å². The lowest BCUT2D eigenvalue weighted by atomic mass is 9.87. The van der Waals surface area contributed by atoms with Gasteiger partial charge in [0.2, 0.25) is 0 Å². The van der Waals surface area contributed by atoms with E-state index in [1.165, 1.54) is 131 Å². The summed E-state index contributed by atoms with van der Waals surface area (Å²) in [6.45, 7) is 0. The highest BCUT2D eigenvalue weighted by Gasteiger charge is 2.17. The Morgan fingerprint density at radius 3 is 1.42 bits per heavy atom. The van der Waals surface area contributed by atoms with E-state index in [-0.39, 0.29) is 0 Å². The standard InChI is InChI=1S/C62H38/c1-2-11-41(12-3-1)57-34-46-14-6-7-15-47(46)35-58(57)50-29-31-54-53-30-28-48(33-52(53)38-59(60(54)36-50)49-27-22-39-10-4-5-13-45(39)32-49)40-20-23-42(24-21-40)56-37-51-18-8-16-43-25-26-44-17-9-19-55(56)62(44)61(43)51/h1-38H. The van der Waals surface area contributed by atoms with Gasteiger partial charge in [-0.25, -0.2) is 0 Å². The third kappa shape index (κ3) is 5.54. The van der Waals surface area contributed by atoms with E-state index < -0.39 is 0 Å². The van der Waals surface area contributed by atoms with Crippen LogP contribution in [0.3, 0.4) is 0 Å². The molecule has 0 atom stereocenters. The summed E-state index contributed by atoms with van der Waals surface area (Å²) >= 11 is 0. The zero-order valence-corrected chi connectivity index (χ0v) is 33.9. The largest absolute Gasteiger partial charge is 0.0622 e. The van der Waals surface area contributed by atoms with E-state index in [0.717, 1.165) is 0 Å². The summed E-state index contributed by atoms with van der Waals surface area (Å²) in [5.41, 5.74) is 12.3. The van der Waals surface area contributed by atoms with Gasteiger partial charge in [0.15, 0.2) is 0 Å². The van der Waals surface area contributed by atoms with Crippen molar-refractivity contribution in [2.24, 2.45) is 0 Å². The van der Waals surface area contributed by atoms with Gasteiger partial charge in [-0.05, 0) is 174 Å². The second-order valence-electron chi connectivity index (χ2n) is 16.8. The maximum Gasteiger partial charge on any atom is -0.00206 e. The molecule has 13 aromatic rings. The van der Waals surface area contributed by atoms with Gasteiger partial charge in [-0.1, -0.05) is 188 Å². The Morgan fingerprint density at radius 2 is 0.629 bits per heavy atom. The lowest BCUT2D eigenvalue weighted by Gasteiger charge is -2.17. The molecular formula is C62H38. The van der Waals surface area contributed by atoms with E-state index in [2.05, 4.69) is 231 Å². The molecule has 0 unspecified atom stereocenters. The molecule has 0 aliphatic carbocycles. The molecule has 286 valence electrons. The molecule has 0 heteroatoms. The first-order valence-corrected chi connectivity index (χ1v) is 21.6. The molecule has 0 aliphatic rings. The molecule has 0 bridgehead atoms. The first kappa shape index (κ1) is 34.8. The molecule has 0 aliphatic heterocycles. The van der Waals surface area contributed by atoms with Gasteiger partial charge in [0.25, 0.3) is 0 Å². The van der Waals surface area contributed by atoms with Crippen molar-refractivity contribution in [3.63, 3.8) is 0 Å². The van der Waals surface area contributed by atoms with E-state index in [1.54, 1.807) is 0 Å². The summed E-state index contributed by atoms with van der Waals surface area (Å²) in [6.07, 6.45) is 0. The maximum atomic E-state index is 2.43. The summed E-state index contributed by atoms with van der Waals surface area (Å²) in [6, 6.07) is 85.8. The molecular weight excluding hydrogens is 745 g/mol. The molecule has 0 radical (unpaired) electrons. The molecule has 0 spiro atoms. The van der Waals surface area contributed by atoms with Crippen molar-refractivity contribution in [3.05, 3.63) is 231 Å². The van der Waals surface area contributed by atoms with Gasteiger partial charge < -0.3 is 0 Å². The summed E-state index contributed by atoms with van der Waals surface area (Å²) in [7, 11) is 0. The number of benzene rings is 13. The van der Waals surface area contributed by atoms with Gasteiger partial charge >= 0.3 is 0 Å². The van der Waals surface area contributed by atoms with Crippen molar-refractivity contribution in [2.45, 2.75) is 0 Å². The van der Waals surface area contributed by atoms with Crippen LogP contribution in [0.2, 0.25) is 0 Å². The van der Waals surface area contributed by atoms with Crippen molar-refractivity contribution in [1.29, 1.82) is 0 Å². The molecule has 0 heterocycles. The fourth-order valence-electron chi connectivity index (χ4n) is 10.3. The van der Waals surface area contributed by atoms with Gasteiger partial charge in [0, 0.05) is 0 Å². The third-order valence-electron chi connectivity index (χ3n) is 13.3. The van der Waals surface area contributed by atoms with Gasteiger partial charge in [-0.2, -0.15) is 0 Å². The third-order valence-corrected chi connectivity index (χ3v) is 13.3. The van der Waals surface area contributed by atoms with Gasteiger partial charge in [-0.3, -0.25) is 0 Å².